The zero-order valence-electron chi connectivity index (χ0n) is 10.1. The van der Waals surface area contributed by atoms with Crippen LogP contribution in [0.5, 0.6) is 0 Å². The van der Waals surface area contributed by atoms with Crippen LogP contribution in [0.25, 0.3) is 0 Å². The van der Waals surface area contributed by atoms with E-state index in [1.54, 1.807) is 19.2 Å². The van der Waals surface area contributed by atoms with E-state index in [0.29, 0.717) is 11.5 Å². The molecule has 92 valence electrons. The summed E-state index contributed by atoms with van der Waals surface area (Å²) in [5, 5.41) is 8.92. The largest absolute Gasteiger partial charge is 0.396 e. The normalized spacial score (nSPS) is 19.6. The van der Waals surface area contributed by atoms with Crippen LogP contribution in [0.15, 0.2) is 18.3 Å². The van der Waals surface area contributed by atoms with Crippen molar-refractivity contribution in [2.24, 2.45) is 5.92 Å². The highest BCUT2D eigenvalue weighted by atomic mass is 16.3. The third kappa shape index (κ3) is 2.82. The Kier molecular flexibility index (Phi) is 3.74. The molecule has 0 saturated carbocycles. The molecule has 1 unspecified atom stereocenters. The second-order valence-electron chi connectivity index (χ2n) is 4.57. The summed E-state index contributed by atoms with van der Waals surface area (Å²) < 4.78 is 0. The van der Waals surface area contributed by atoms with Crippen molar-refractivity contribution in [1.82, 2.24) is 4.98 Å². The number of rotatable bonds is 4. The molecule has 1 aliphatic rings. The first-order valence-corrected chi connectivity index (χ1v) is 6.03. The molecule has 0 aromatic carbocycles. The molecule has 0 spiro atoms. The summed E-state index contributed by atoms with van der Waals surface area (Å²) in [7, 11) is 0. The zero-order chi connectivity index (χ0) is 12.3. The van der Waals surface area contributed by atoms with Crippen LogP contribution < -0.4 is 4.90 Å². The topological polar surface area (TPSA) is 53.4 Å². The molecular formula is C13H18N2O2. The number of aliphatic hydroxyl groups excluding tert-OH is 1. The van der Waals surface area contributed by atoms with Crippen molar-refractivity contribution in [2.75, 3.05) is 24.6 Å². The minimum Gasteiger partial charge on any atom is -0.396 e. The highest BCUT2D eigenvalue weighted by Crippen LogP contribution is 2.24. The average molecular weight is 234 g/mol. The summed E-state index contributed by atoms with van der Waals surface area (Å²) in [6.07, 6.45) is 3.63. The van der Waals surface area contributed by atoms with Gasteiger partial charge < -0.3 is 10.0 Å². The Morgan fingerprint density at radius 3 is 3.18 bits per heavy atom. The maximum Gasteiger partial charge on any atom is 0.159 e. The molecule has 1 aromatic heterocycles. The zero-order valence-corrected chi connectivity index (χ0v) is 10.1. The lowest BCUT2D eigenvalue weighted by Crippen LogP contribution is -2.21. The fourth-order valence-electron chi connectivity index (χ4n) is 2.27. The van der Waals surface area contributed by atoms with E-state index in [-0.39, 0.29) is 12.4 Å². The monoisotopic (exact) mass is 234 g/mol. The number of pyridine rings is 1. The fourth-order valence-corrected chi connectivity index (χ4v) is 2.27. The van der Waals surface area contributed by atoms with Crippen molar-refractivity contribution in [2.45, 2.75) is 19.8 Å². The molecular weight excluding hydrogens is 216 g/mol. The predicted octanol–water partition coefficient (Wildman–Crippen LogP) is 1.49. The standard InChI is InChI=1S/C13H18N2O2/c1-10(17)12-2-5-14-13(8-12)15-6-3-11(9-15)4-7-16/h2,5,8,11,16H,3-4,6-7,9H2,1H3. The first-order valence-electron chi connectivity index (χ1n) is 6.03. The molecule has 17 heavy (non-hydrogen) atoms. The molecule has 1 aromatic rings. The lowest BCUT2D eigenvalue weighted by Gasteiger charge is -2.17. The van der Waals surface area contributed by atoms with Gasteiger partial charge in [-0.3, -0.25) is 4.79 Å². The second-order valence-corrected chi connectivity index (χ2v) is 4.57. The molecule has 2 rings (SSSR count). The van der Waals surface area contributed by atoms with E-state index in [1.807, 2.05) is 6.07 Å². The highest BCUT2D eigenvalue weighted by Gasteiger charge is 2.23. The van der Waals surface area contributed by atoms with Gasteiger partial charge in [-0.15, -0.1) is 0 Å². The SMILES string of the molecule is CC(=O)c1ccnc(N2CCC(CCO)C2)c1. The maximum atomic E-state index is 11.3. The van der Waals surface area contributed by atoms with Crippen molar-refractivity contribution in [3.8, 4) is 0 Å². The van der Waals surface area contributed by atoms with Crippen molar-refractivity contribution in [3.05, 3.63) is 23.9 Å². The fraction of sp³-hybridized carbons (Fsp3) is 0.538. The van der Waals surface area contributed by atoms with Gasteiger partial charge in [0.2, 0.25) is 0 Å². The van der Waals surface area contributed by atoms with E-state index in [4.69, 9.17) is 5.11 Å². The highest BCUT2D eigenvalue weighted by molar-refractivity contribution is 5.94. The molecule has 0 radical (unpaired) electrons. The Balaban J connectivity index is 2.08. The number of aromatic nitrogens is 1. The van der Waals surface area contributed by atoms with E-state index in [9.17, 15) is 4.79 Å². The third-order valence-corrected chi connectivity index (χ3v) is 3.30. The Morgan fingerprint density at radius 2 is 2.47 bits per heavy atom. The molecule has 1 fully saturated rings. The van der Waals surface area contributed by atoms with Crippen molar-refractivity contribution >= 4 is 11.6 Å². The van der Waals surface area contributed by atoms with Crippen LogP contribution in [0.3, 0.4) is 0 Å². The van der Waals surface area contributed by atoms with E-state index >= 15 is 0 Å². The summed E-state index contributed by atoms with van der Waals surface area (Å²) >= 11 is 0. The molecule has 4 heteroatoms. The lowest BCUT2D eigenvalue weighted by atomic mass is 10.1. The summed E-state index contributed by atoms with van der Waals surface area (Å²) in [4.78, 5) is 17.8. The number of Topliss-reactive ketones (excluding diaryl/α,β-unsaturated/α-hetero) is 1. The molecule has 1 saturated heterocycles. The first-order chi connectivity index (χ1) is 8.20. The van der Waals surface area contributed by atoms with Gasteiger partial charge in [-0.1, -0.05) is 0 Å². The molecule has 0 aliphatic carbocycles. The summed E-state index contributed by atoms with van der Waals surface area (Å²) in [6, 6.07) is 3.59. The van der Waals surface area contributed by atoms with Gasteiger partial charge in [-0.2, -0.15) is 0 Å². The second kappa shape index (κ2) is 5.27. The minimum absolute atomic E-state index is 0.0692. The average Bonchev–Trinajstić information content (AvgIpc) is 2.78. The van der Waals surface area contributed by atoms with E-state index in [0.717, 1.165) is 31.7 Å². The van der Waals surface area contributed by atoms with Crippen LogP contribution in [0.4, 0.5) is 5.82 Å². The first kappa shape index (κ1) is 12.0. The Labute approximate surface area is 101 Å². The number of carbonyl (C=O) groups is 1. The van der Waals surface area contributed by atoms with Crippen molar-refractivity contribution in [3.63, 3.8) is 0 Å². The number of anilines is 1. The van der Waals surface area contributed by atoms with Gasteiger partial charge >= 0.3 is 0 Å². The minimum atomic E-state index is 0.0692. The van der Waals surface area contributed by atoms with E-state index in [2.05, 4.69) is 9.88 Å². The van der Waals surface area contributed by atoms with Crippen LogP contribution in [-0.2, 0) is 0 Å². The molecule has 2 heterocycles. The third-order valence-electron chi connectivity index (χ3n) is 3.30. The van der Waals surface area contributed by atoms with E-state index < -0.39 is 0 Å². The number of hydrogen-bond acceptors (Lipinski definition) is 4. The number of ketones is 1. The number of aliphatic hydroxyl groups is 1. The molecule has 4 nitrogen and oxygen atoms in total. The lowest BCUT2D eigenvalue weighted by molar-refractivity contribution is 0.101. The van der Waals surface area contributed by atoms with Gasteiger partial charge in [0.05, 0.1) is 0 Å². The number of nitrogens with zero attached hydrogens (tertiary/aromatic N) is 2. The van der Waals surface area contributed by atoms with Gasteiger partial charge in [0.25, 0.3) is 0 Å². The van der Waals surface area contributed by atoms with Crippen LogP contribution in [-0.4, -0.2) is 35.6 Å². The molecule has 1 atom stereocenters. The van der Waals surface area contributed by atoms with Crippen molar-refractivity contribution < 1.29 is 9.90 Å². The Morgan fingerprint density at radius 1 is 1.65 bits per heavy atom. The van der Waals surface area contributed by atoms with Crippen LogP contribution >= 0.6 is 0 Å². The smallest absolute Gasteiger partial charge is 0.159 e. The number of carbonyl (C=O) groups excluding carboxylic acids is 1. The van der Waals surface area contributed by atoms with Crippen LogP contribution in [0.1, 0.15) is 30.1 Å². The predicted molar refractivity (Wildman–Crippen MR) is 66.3 cm³/mol. The van der Waals surface area contributed by atoms with Crippen molar-refractivity contribution in [1.29, 1.82) is 0 Å². The molecule has 1 N–H and O–H groups in total. The summed E-state index contributed by atoms with van der Waals surface area (Å²) in [6.45, 7) is 3.70. The van der Waals surface area contributed by atoms with Gasteiger partial charge in [0, 0.05) is 31.5 Å². The quantitative estimate of drug-likeness (QED) is 0.802. The van der Waals surface area contributed by atoms with Gasteiger partial charge in [-0.05, 0) is 37.8 Å². The van der Waals surface area contributed by atoms with Crippen LogP contribution in [0, 0.1) is 5.92 Å². The van der Waals surface area contributed by atoms with Gasteiger partial charge in [0.15, 0.2) is 5.78 Å². The maximum absolute atomic E-state index is 11.3. The van der Waals surface area contributed by atoms with Gasteiger partial charge in [-0.25, -0.2) is 4.98 Å². The molecule has 1 aliphatic heterocycles. The Hall–Kier alpha value is -1.42. The Bertz CT molecular complexity index is 406. The van der Waals surface area contributed by atoms with Gasteiger partial charge in [0.1, 0.15) is 5.82 Å². The molecule has 0 bridgehead atoms. The summed E-state index contributed by atoms with van der Waals surface area (Å²) in [5.74, 6) is 1.49. The number of hydrogen-bond donors (Lipinski definition) is 1. The molecule has 0 amide bonds. The summed E-state index contributed by atoms with van der Waals surface area (Å²) in [5.41, 5.74) is 0.709. The van der Waals surface area contributed by atoms with E-state index in [1.165, 1.54) is 0 Å². The van der Waals surface area contributed by atoms with Crippen LogP contribution in [0.2, 0.25) is 0 Å².